The van der Waals surface area contributed by atoms with Gasteiger partial charge in [-0.2, -0.15) is 0 Å². The molecule has 35 heavy (non-hydrogen) atoms. The normalized spacial score (nSPS) is 14.9. The van der Waals surface area contributed by atoms with Crippen LogP contribution in [0.15, 0.2) is 54.6 Å². The lowest BCUT2D eigenvalue weighted by Crippen LogP contribution is -2.49. The number of hydrogen-bond acceptors (Lipinski definition) is 4. The highest BCUT2D eigenvalue weighted by Crippen LogP contribution is 2.23. The monoisotopic (exact) mass is 519 g/mol. The Kier molecular flexibility index (Phi) is 9.57. The molecule has 0 saturated heterocycles. The maximum absolute atomic E-state index is 13.3. The number of carbonyl (C=O) groups is 2. The van der Waals surface area contributed by atoms with Crippen LogP contribution in [-0.4, -0.2) is 50.0 Å². The summed E-state index contributed by atoms with van der Waals surface area (Å²) in [7, 11) is -3.56. The Morgan fingerprint density at radius 1 is 1.09 bits per heavy atom. The first-order chi connectivity index (χ1) is 16.6. The first kappa shape index (κ1) is 27.0. The van der Waals surface area contributed by atoms with Crippen molar-refractivity contribution in [1.29, 1.82) is 0 Å². The molecular formula is C26H34ClN3O4S. The molecule has 2 aromatic carbocycles. The summed E-state index contributed by atoms with van der Waals surface area (Å²) < 4.78 is 26.0. The van der Waals surface area contributed by atoms with Gasteiger partial charge in [0.25, 0.3) is 0 Å². The molecule has 1 N–H and O–H groups in total. The predicted molar refractivity (Wildman–Crippen MR) is 140 cm³/mol. The van der Waals surface area contributed by atoms with Crippen molar-refractivity contribution in [1.82, 2.24) is 10.2 Å². The van der Waals surface area contributed by atoms with Crippen molar-refractivity contribution >= 4 is 39.1 Å². The largest absolute Gasteiger partial charge is 0.352 e. The Labute approximate surface area is 213 Å². The van der Waals surface area contributed by atoms with E-state index in [1.54, 1.807) is 36.1 Å². The topological polar surface area (TPSA) is 86.8 Å². The number of halogens is 1. The smallest absolute Gasteiger partial charge is 0.242 e. The maximum atomic E-state index is 13.3. The van der Waals surface area contributed by atoms with Gasteiger partial charge in [0.05, 0.1) is 11.9 Å². The molecule has 0 radical (unpaired) electrons. The van der Waals surface area contributed by atoms with Crippen molar-refractivity contribution in [2.45, 2.75) is 64.1 Å². The Balaban J connectivity index is 1.69. The second kappa shape index (κ2) is 12.4. The third-order valence-electron chi connectivity index (χ3n) is 6.31. The SMILES string of the molecule is C[C@H](C(=O)NC1CCCC1)N(Cc1ccccc1)C(=O)CCCN(c1cccc(Cl)c1)S(C)(=O)=O. The van der Waals surface area contributed by atoms with Crippen molar-refractivity contribution in [3.8, 4) is 0 Å². The van der Waals surface area contributed by atoms with Crippen molar-refractivity contribution in [3.63, 3.8) is 0 Å². The Morgan fingerprint density at radius 3 is 2.40 bits per heavy atom. The third kappa shape index (κ3) is 7.97. The molecule has 9 heteroatoms. The minimum atomic E-state index is -3.56. The quantitative estimate of drug-likeness (QED) is 0.478. The van der Waals surface area contributed by atoms with Gasteiger partial charge in [-0.15, -0.1) is 0 Å². The van der Waals surface area contributed by atoms with Crippen molar-refractivity contribution in [2.75, 3.05) is 17.1 Å². The highest BCUT2D eigenvalue weighted by Gasteiger charge is 2.28. The molecule has 1 atom stereocenters. The number of carbonyl (C=O) groups excluding carboxylic acids is 2. The fraction of sp³-hybridized carbons (Fsp3) is 0.462. The molecule has 2 aromatic rings. The maximum Gasteiger partial charge on any atom is 0.242 e. The number of amides is 2. The lowest BCUT2D eigenvalue weighted by Gasteiger charge is -2.30. The van der Waals surface area contributed by atoms with E-state index in [2.05, 4.69) is 5.32 Å². The third-order valence-corrected chi connectivity index (χ3v) is 7.74. The summed E-state index contributed by atoms with van der Waals surface area (Å²) in [6.07, 6.45) is 5.70. The lowest BCUT2D eigenvalue weighted by atomic mass is 10.1. The Hall–Kier alpha value is -2.58. The number of anilines is 1. The average Bonchev–Trinajstić information content (AvgIpc) is 3.32. The summed E-state index contributed by atoms with van der Waals surface area (Å²) in [4.78, 5) is 27.9. The van der Waals surface area contributed by atoms with Crippen LogP contribution in [0.1, 0.15) is 51.0 Å². The summed E-state index contributed by atoms with van der Waals surface area (Å²) >= 11 is 6.05. The molecule has 0 spiro atoms. The molecule has 3 rings (SSSR count). The molecule has 0 heterocycles. The van der Waals surface area contributed by atoms with Crippen LogP contribution in [0.2, 0.25) is 5.02 Å². The van der Waals surface area contributed by atoms with E-state index in [0.29, 0.717) is 23.7 Å². The summed E-state index contributed by atoms with van der Waals surface area (Å²) in [5.74, 6) is -0.347. The van der Waals surface area contributed by atoms with E-state index in [4.69, 9.17) is 11.6 Å². The molecule has 0 aliphatic heterocycles. The zero-order chi connectivity index (χ0) is 25.4. The van der Waals surface area contributed by atoms with E-state index < -0.39 is 16.1 Å². The first-order valence-electron chi connectivity index (χ1n) is 12.0. The van der Waals surface area contributed by atoms with Crippen LogP contribution in [0.4, 0.5) is 5.69 Å². The van der Waals surface area contributed by atoms with Crippen molar-refractivity contribution < 1.29 is 18.0 Å². The molecule has 0 bridgehead atoms. The summed E-state index contributed by atoms with van der Waals surface area (Å²) in [5.41, 5.74) is 1.39. The van der Waals surface area contributed by atoms with Gasteiger partial charge in [0.15, 0.2) is 0 Å². The van der Waals surface area contributed by atoms with Gasteiger partial charge in [0.1, 0.15) is 6.04 Å². The van der Waals surface area contributed by atoms with E-state index in [1.165, 1.54) is 4.31 Å². The van der Waals surface area contributed by atoms with E-state index in [1.807, 2.05) is 30.3 Å². The van der Waals surface area contributed by atoms with Gasteiger partial charge in [-0.05, 0) is 49.9 Å². The number of rotatable bonds is 11. The molecule has 1 saturated carbocycles. The molecule has 1 aliphatic carbocycles. The van der Waals surface area contributed by atoms with E-state index >= 15 is 0 Å². The molecule has 190 valence electrons. The van der Waals surface area contributed by atoms with Gasteiger partial charge in [-0.25, -0.2) is 8.42 Å². The van der Waals surface area contributed by atoms with Gasteiger partial charge in [-0.1, -0.05) is 60.8 Å². The van der Waals surface area contributed by atoms with Crippen LogP contribution in [0.3, 0.4) is 0 Å². The number of sulfonamides is 1. The van der Waals surface area contributed by atoms with Crippen LogP contribution in [-0.2, 0) is 26.2 Å². The molecule has 1 aliphatic rings. The number of hydrogen-bond donors (Lipinski definition) is 1. The van der Waals surface area contributed by atoms with Crippen LogP contribution in [0.25, 0.3) is 0 Å². The van der Waals surface area contributed by atoms with E-state index in [0.717, 1.165) is 37.5 Å². The van der Waals surface area contributed by atoms with Gasteiger partial charge in [0.2, 0.25) is 21.8 Å². The van der Waals surface area contributed by atoms with Crippen LogP contribution in [0, 0.1) is 0 Å². The minimum absolute atomic E-state index is 0.112. The van der Waals surface area contributed by atoms with Gasteiger partial charge in [-0.3, -0.25) is 13.9 Å². The van der Waals surface area contributed by atoms with Crippen LogP contribution < -0.4 is 9.62 Å². The second-order valence-corrected chi connectivity index (χ2v) is 11.4. The van der Waals surface area contributed by atoms with E-state index in [9.17, 15) is 18.0 Å². The Bertz CT molecular complexity index is 1100. The fourth-order valence-corrected chi connectivity index (χ4v) is 5.53. The minimum Gasteiger partial charge on any atom is -0.352 e. The van der Waals surface area contributed by atoms with Gasteiger partial charge in [0, 0.05) is 30.6 Å². The number of benzene rings is 2. The fourth-order valence-electron chi connectivity index (χ4n) is 4.39. The summed E-state index contributed by atoms with van der Waals surface area (Å²) in [5, 5.41) is 3.52. The van der Waals surface area contributed by atoms with Gasteiger partial charge < -0.3 is 10.2 Å². The summed E-state index contributed by atoms with van der Waals surface area (Å²) in [6, 6.07) is 15.7. The molecule has 1 fully saturated rings. The molecule has 7 nitrogen and oxygen atoms in total. The lowest BCUT2D eigenvalue weighted by molar-refractivity contribution is -0.141. The highest BCUT2D eigenvalue weighted by atomic mass is 35.5. The zero-order valence-corrected chi connectivity index (χ0v) is 21.9. The van der Waals surface area contributed by atoms with Gasteiger partial charge >= 0.3 is 0 Å². The number of nitrogens with zero attached hydrogens (tertiary/aromatic N) is 2. The second-order valence-electron chi connectivity index (χ2n) is 9.09. The van der Waals surface area contributed by atoms with Crippen molar-refractivity contribution in [2.24, 2.45) is 0 Å². The standard InChI is InChI=1S/C26H34ClN3O4S/c1-20(26(32)28-23-13-6-7-14-23)29(19-21-10-4-3-5-11-21)25(31)16-9-17-30(35(2,33)34)24-15-8-12-22(27)18-24/h3-5,8,10-12,15,18,20,23H,6-7,9,13-14,16-17,19H2,1-2H3,(H,28,32)/t20-/m1/s1. The average molecular weight is 520 g/mol. The Morgan fingerprint density at radius 2 is 1.77 bits per heavy atom. The highest BCUT2D eigenvalue weighted by molar-refractivity contribution is 7.92. The number of nitrogens with one attached hydrogen (secondary N) is 1. The molecule has 0 aromatic heterocycles. The molecular weight excluding hydrogens is 486 g/mol. The first-order valence-corrected chi connectivity index (χ1v) is 14.2. The molecule has 2 amide bonds. The van der Waals surface area contributed by atoms with Crippen molar-refractivity contribution in [3.05, 3.63) is 65.2 Å². The van der Waals surface area contributed by atoms with Crippen LogP contribution >= 0.6 is 11.6 Å². The zero-order valence-electron chi connectivity index (χ0n) is 20.3. The predicted octanol–water partition coefficient (Wildman–Crippen LogP) is 4.36. The summed E-state index contributed by atoms with van der Waals surface area (Å²) in [6.45, 7) is 2.19. The van der Waals surface area contributed by atoms with Crippen LogP contribution in [0.5, 0.6) is 0 Å². The van der Waals surface area contributed by atoms with E-state index in [-0.39, 0.29) is 30.8 Å². The molecule has 0 unspecified atom stereocenters.